The third-order valence-electron chi connectivity index (χ3n) is 4.25. The fourth-order valence-corrected chi connectivity index (χ4v) is 2.93. The molecule has 2 aromatic rings. The second kappa shape index (κ2) is 6.77. The number of nitrogens with two attached hydrogens (primary N) is 1. The molecule has 6 heteroatoms. The molecule has 22 heavy (non-hydrogen) atoms. The summed E-state index contributed by atoms with van der Waals surface area (Å²) in [5.74, 6) is 0.712. The second-order valence-corrected chi connectivity index (χ2v) is 6.08. The molecule has 5 nitrogen and oxygen atoms in total. The number of nitrogens with zero attached hydrogens (tertiary/aromatic N) is 3. The highest BCUT2D eigenvalue weighted by atomic mass is 35.5. The van der Waals surface area contributed by atoms with Gasteiger partial charge in [-0.1, -0.05) is 6.07 Å². The van der Waals surface area contributed by atoms with Crippen LogP contribution in [0.1, 0.15) is 24.1 Å². The molecule has 1 unspecified atom stereocenters. The Labute approximate surface area is 136 Å². The molecule has 1 saturated carbocycles. The molecule has 3 rings (SSSR count). The van der Waals surface area contributed by atoms with Gasteiger partial charge in [-0.25, -0.2) is 4.98 Å². The van der Waals surface area contributed by atoms with E-state index in [4.69, 9.17) is 5.73 Å². The number of aromatic nitrogens is 2. The van der Waals surface area contributed by atoms with Crippen molar-refractivity contribution in [2.45, 2.75) is 32.4 Å². The van der Waals surface area contributed by atoms with E-state index in [1.807, 2.05) is 25.3 Å². The molecule has 1 aliphatic carbocycles. The van der Waals surface area contributed by atoms with E-state index in [1.54, 1.807) is 10.5 Å². The van der Waals surface area contributed by atoms with Gasteiger partial charge in [-0.2, -0.15) is 0 Å². The molecule has 0 spiro atoms. The summed E-state index contributed by atoms with van der Waals surface area (Å²) in [6.45, 7) is 3.29. The number of aryl methyl sites for hydroxylation is 1. The first-order valence-corrected chi connectivity index (χ1v) is 7.47. The quantitative estimate of drug-likeness (QED) is 0.908. The standard InChI is InChI=1S/C16H22N4O.ClH/c1-11-3-6-15-18-13(7-16(21)20(15)9-11)10-19(2)14(8-17)12-4-5-12;/h3,6-7,9,12,14H,4-5,8,10,17H2,1-2H3;1H. The van der Waals surface area contributed by atoms with E-state index >= 15 is 0 Å². The number of fused-ring (bicyclic) bond motifs is 1. The average molecular weight is 323 g/mol. The Hall–Kier alpha value is -1.43. The van der Waals surface area contributed by atoms with Crippen LogP contribution in [0.3, 0.4) is 0 Å². The SMILES string of the molecule is Cc1ccc2nc(CN(C)C(CN)C3CC3)cc(=O)n2c1.Cl. The summed E-state index contributed by atoms with van der Waals surface area (Å²) in [5, 5.41) is 0. The molecule has 0 amide bonds. The van der Waals surface area contributed by atoms with Crippen LogP contribution in [-0.4, -0.2) is 33.9 Å². The van der Waals surface area contributed by atoms with E-state index in [1.165, 1.54) is 12.8 Å². The largest absolute Gasteiger partial charge is 0.329 e. The number of halogens is 1. The number of likely N-dealkylation sites (N-methyl/N-ethyl adjacent to an activating group) is 1. The van der Waals surface area contributed by atoms with Crippen LogP contribution in [0.15, 0.2) is 29.2 Å². The topological polar surface area (TPSA) is 63.6 Å². The van der Waals surface area contributed by atoms with Crippen LogP contribution < -0.4 is 11.3 Å². The van der Waals surface area contributed by atoms with Crippen molar-refractivity contribution >= 4 is 18.1 Å². The fourth-order valence-electron chi connectivity index (χ4n) is 2.93. The molecular weight excluding hydrogens is 300 g/mol. The van der Waals surface area contributed by atoms with Crippen LogP contribution in [0.4, 0.5) is 0 Å². The van der Waals surface area contributed by atoms with Crippen molar-refractivity contribution in [1.29, 1.82) is 0 Å². The summed E-state index contributed by atoms with van der Waals surface area (Å²) in [6.07, 6.45) is 4.35. The van der Waals surface area contributed by atoms with Crippen molar-refractivity contribution in [3.8, 4) is 0 Å². The van der Waals surface area contributed by atoms with Crippen molar-refractivity contribution in [2.24, 2.45) is 11.7 Å². The first-order valence-electron chi connectivity index (χ1n) is 7.47. The summed E-state index contributed by atoms with van der Waals surface area (Å²) in [4.78, 5) is 19.0. The first kappa shape index (κ1) is 16.9. The van der Waals surface area contributed by atoms with E-state index in [2.05, 4.69) is 16.9 Å². The highest BCUT2D eigenvalue weighted by molar-refractivity contribution is 5.85. The van der Waals surface area contributed by atoms with E-state index in [9.17, 15) is 4.79 Å². The summed E-state index contributed by atoms with van der Waals surface area (Å²) >= 11 is 0. The van der Waals surface area contributed by atoms with Gasteiger partial charge in [0, 0.05) is 31.4 Å². The zero-order valence-corrected chi connectivity index (χ0v) is 13.8. The predicted octanol–water partition coefficient (Wildman–Crippen LogP) is 1.59. The Balaban J connectivity index is 0.00000176. The van der Waals surface area contributed by atoms with Crippen LogP contribution in [0.2, 0.25) is 0 Å². The van der Waals surface area contributed by atoms with Crippen LogP contribution in [0, 0.1) is 12.8 Å². The Kier molecular flexibility index (Phi) is 5.21. The number of pyridine rings is 1. The molecule has 0 radical (unpaired) electrons. The molecule has 1 aliphatic rings. The Morgan fingerprint density at radius 3 is 2.82 bits per heavy atom. The molecule has 2 aromatic heterocycles. The molecule has 2 N–H and O–H groups in total. The first-order chi connectivity index (χ1) is 10.1. The Bertz CT molecular complexity index is 711. The van der Waals surface area contributed by atoms with Crippen LogP contribution in [0.5, 0.6) is 0 Å². The lowest BCUT2D eigenvalue weighted by atomic mass is 10.1. The minimum Gasteiger partial charge on any atom is -0.329 e. The molecule has 1 atom stereocenters. The fraction of sp³-hybridized carbons (Fsp3) is 0.500. The van der Waals surface area contributed by atoms with Gasteiger partial charge in [-0.15, -0.1) is 12.4 Å². The normalized spacial score (nSPS) is 15.8. The lowest BCUT2D eigenvalue weighted by Crippen LogP contribution is -2.39. The lowest BCUT2D eigenvalue weighted by Gasteiger charge is -2.26. The highest BCUT2D eigenvalue weighted by Gasteiger charge is 2.32. The summed E-state index contributed by atoms with van der Waals surface area (Å²) in [5.41, 5.74) is 8.41. The van der Waals surface area contributed by atoms with Gasteiger partial charge in [0.05, 0.1) is 5.69 Å². The molecule has 0 saturated heterocycles. The zero-order chi connectivity index (χ0) is 15.0. The van der Waals surface area contributed by atoms with Crippen LogP contribution in [0.25, 0.3) is 5.65 Å². The van der Waals surface area contributed by atoms with Crippen LogP contribution >= 0.6 is 12.4 Å². The van der Waals surface area contributed by atoms with E-state index in [-0.39, 0.29) is 18.0 Å². The third-order valence-corrected chi connectivity index (χ3v) is 4.25. The van der Waals surface area contributed by atoms with Gasteiger partial charge >= 0.3 is 0 Å². The Morgan fingerprint density at radius 2 is 2.18 bits per heavy atom. The summed E-state index contributed by atoms with van der Waals surface area (Å²) in [7, 11) is 2.06. The van der Waals surface area contributed by atoms with Gasteiger partial charge in [-0.05, 0) is 44.4 Å². The van der Waals surface area contributed by atoms with Gasteiger partial charge in [0.15, 0.2) is 0 Å². The maximum atomic E-state index is 12.2. The summed E-state index contributed by atoms with van der Waals surface area (Å²) < 4.78 is 1.60. The molecule has 2 heterocycles. The molecule has 1 fully saturated rings. The lowest BCUT2D eigenvalue weighted by molar-refractivity contribution is 0.213. The molecule has 0 bridgehead atoms. The zero-order valence-electron chi connectivity index (χ0n) is 13.0. The van der Waals surface area contributed by atoms with Crippen molar-refractivity contribution in [3.05, 3.63) is 46.0 Å². The molecular formula is C16H23ClN4O. The van der Waals surface area contributed by atoms with Crippen LogP contribution in [-0.2, 0) is 6.54 Å². The van der Waals surface area contributed by atoms with Gasteiger partial charge in [0.2, 0.25) is 0 Å². The molecule has 0 aliphatic heterocycles. The van der Waals surface area contributed by atoms with E-state index < -0.39 is 0 Å². The van der Waals surface area contributed by atoms with Crippen molar-refractivity contribution in [3.63, 3.8) is 0 Å². The number of rotatable bonds is 5. The smallest absolute Gasteiger partial charge is 0.258 e. The van der Waals surface area contributed by atoms with E-state index in [0.29, 0.717) is 30.7 Å². The predicted molar refractivity (Wildman–Crippen MR) is 90.5 cm³/mol. The maximum Gasteiger partial charge on any atom is 0.258 e. The summed E-state index contributed by atoms with van der Waals surface area (Å²) in [6, 6.07) is 5.89. The van der Waals surface area contributed by atoms with Crippen molar-refractivity contribution < 1.29 is 0 Å². The molecule has 120 valence electrons. The maximum absolute atomic E-state index is 12.2. The van der Waals surface area contributed by atoms with Gasteiger partial charge in [0.25, 0.3) is 5.56 Å². The minimum atomic E-state index is -0.0252. The van der Waals surface area contributed by atoms with Crippen molar-refractivity contribution in [1.82, 2.24) is 14.3 Å². The highest BCUT2D eigenvalue weighted by Crippen LogP contribution is 2.34. The van der Waals surface area contributed by atoms with Gasteiger partial charge in [0.1, 0.15) is 5.65 Å². The van der Waals surface area contributed by atoms with Gasteiger partial charge in [-0.3, -0.25) is 14.1 Å². The monoisotopic (exact) mass is 322 g/mol. The number of hydrogen-bond acceptors (Lipinski definition) is 4. The second-order valence-electron chi connectivity index (χ2n) is 6.08. The minimum absolute atomic E-state index is 0. The van der Waals surface area contributed by atoms with Crippen molar-refractivity contribution in [2.75, 3.05) is 13.6 Å². The Morgan fingerprint density at radius 1 is 1.45 bits per heavy atom. The molecule has 0 aromatic carbocycles. The van der Waals surface area contributed by atoms with Gasteiger partial charge < -0.3 is 5.73 Å². The average Bonchev–Trinajstić information content (AvgIpc) is 3.25. The third kappa shape index (κ3) is 3.48. The van der Waals surface area contributed by atoms with E-state index in [0.717, 1.165) is 11.3 Å². The number of hydrogen-bond donors (Lipinski definition) is 1.